The number of aliphatic imine (C=N–C) groups is 1. The Hall–Kier alpha value is -0.620. The Kier molecular flexibility index (Phi) is 4.17. The highest BCUT2D eigenvalue weighted by Crippen LogP contribution is 2.40. The number of hydrogen-bond donors (Lipinski definition) is 0. The number of rotatable bonds is 3. The molecular weight excluding hydrogens is 198 g/mol. The largest absolute Gasteiger partial charge is 0.235 e. The van der Waals surface area contributed by atoms with Crippen LogP contribution in [0, 0.1) is 12.3 Å². The lowest BCUT2D eigenvalue weighted by molar-refractivity contribution is 0.223. The quantitative estimate of drug-likeness (QED) is 0.525. The molecule has 2 aliphatic carbocycles. The van der Waals surface area contributed by atoms with E-state index < -0.39 is 0 Å². The van der Waals surface area contributed by atoms with Crippen LogP contribution in [-0.2, 0) is 4.79 Å². The molecule has 0 aromatic rings. The van der Waals surface area contributed by atoms with Gasteiger partial charge >= 0.3 is 0 Å². The van der Waals surface area contributed by atoms with Crippen molar-refractivity contribution in [3.8, 4) is 0 Å². The fraction of sp³-hybridized carbons (Fsp3) is 0.857. The first-order valence-corrected chi connectivity index (χ1v) is 6.75. The minimum atomic E-state index is -0.0431. The maximum atomic E-state index is 10.6. The summed E-state index contributed by atoms with van der Waals surface area (Å²) in [5, 5.41) is 0. The topological polar surface area (TPSA) is 29.4 Å². The second-order valence-corrected chi connectivity index (χ2v) is 5.50. The smallest absolute Gasteiger partial charge is 0.211 e. The molecule has 0 atom stereocenters. The van der Waals surface area contributed by atoms with Gasteiger partial charge in [0, 0.05) is 0 Å². The lowest BCUT2D eigenvalue weighted by atomic mass is 9.73. The molecule has 0 heterocycles. The van der Waals surface area contributed by atoms with E-state index >= 15 is 0 Å². The Labute approximate surface area is 98.5 Å². The summed E-state index contributed by atoms with van der Waals surface area (Å²) in [6, 6.07) is 0. The van der Waals surface area contributed by atoms with Crippen LogP contribution in [0.15, 0.2) is 4.99 Å². The summed E-state index contributed by atoms with van der Waals surface area (Å²) >= 11 is 0. The summed E-state index contributed by atoms with van der Waals surface area (Å²) in [5.41, 5.74) is -0.0431. The second kappa shape index (κ2) is 5.63. The Balaban J connectivity index is 1.97. The minimum absolute atomic E-state index is 0.0431. The maximum Gasteiger partial charge on any atom is 0.235 e. The summed E-state index contributed by atoms with van der Waals surface area (Å²) in [6.45, 7) is 0. The molecule has 2 fully saturated rings. The number of nitrogens with zero attached hydrogens (tertiary/aromatic N) is 1. The highest BCUT2D eigenvalue weighted by Gasteiger charge is 2.34. The van der Waals surface area contributed by atoms with Crippen LogP contribution >= 0.6 is 0 Å². The first-order chi connectivity index (χ1) is 7.85. The Morgan fingerprint density at radius 3 is 2.50 bits per heavy atom. The molecule has 0 aromatic heterocycles. The molecule has 0 spiro atoms. The van der Waals surface area contributed by atoms with Crippen molar-refractivity contribution in [3.05, 3.63) is 6.42 Å². The first-order valence-electron chi connectivity index (χ1n) is 6.75. The van der Waals surface area contributed by atoms with Gasteiger partial charge in [0.1, 0.15) is 0 Å². The maximum absolute atomic E-state index is 10.6. The van der Waals surface area contributed by atoms with E-state index in [1.165, 1.54) is 32.1 Å². The molecule has 2 nitrogen and oxygen atoms in total. The molecule has 0 unspecified atom stereocenters. The summed E-state index contributed by atoms with van der Waals surface area (Å²) in [7, 11) is 0. The fourth-order valence-corrected chi connectivity index (χ4v) is 3.40. The van der Waals surface area contributed by atoms with Crippen molar-refractivity contribution < 1.29 is 4.79 Å². The Morgan fingerprint density at radius 1 is 1.19 bits per heavy atom. The summed E-state index contributed by atoms with van der Waals surface area (Å²) < 4.78 is 0. The fourth-order valence-electron chi connectivity index (χ4n) is 3.40. The molecule has 0 aromatic carbocycles. The van der Waals surface area contributed by atoms with Gasteiger partial charge in [0.05, 0.1) is 5.54 Å². The standard InChI is InChI=1S/C14H22NO/c16-12-15-14(9-5-2-6-10-14)11-13-7-3-1-4-8-13/h2,13H,1,3-11H2. The lowest BCUT2D eigenvalue weighted by Gasteiger charge is -2.36. The van der Waals surface area contributed by atoms with Crippen LogP contribution in [0.3, 0.4) is 0 Å². The second-order valence-electron chi connectivity index (χ2n) is 5.50. The average molecular weight is 220 g/mol. The van der Waals surface area contributed by atoms with Crippen molar-refractivity contribution in [2.45, 2.75) is 69.7 Å². The van der Waals surface area contributed by atoms with Crippen molar-refractivity contribution in [1.29, 1.82) is 0 Å². The highest BCUT2D eigenvalue weighted by molar-refractivity contribution is 5.35. The number of hydrogen-bond acceptors (Lipinski definition) is 2. The molecule has 0 N–H and O–H groups in total. The van der Waals surface area contributed by atoms with Gasteiger partial charge in [0.25, 0.3) is 0 Å². The first kappa shape index (κ1) is 11.9. The molecule has 2 rings (SSSR count). The zero-order chi connectivity index (χ0) is 11.3. The molecule has 0 bridgehead atoms. The van der Waals surface area contributed by atoms with E-state index in [2.05, 4.69) is 11.4 Å². The van der Waals surface area contributed by atoms with E-state index in [4.69, 9.17) is 0 Å². The van der Waals surface area contributed by atoms with Gasteiger partial charge in [-0.05, 0) is 44.4 Å². The van der Waals surface area contributed by atoms with Gasteiger partial charge in [-0.2, -0.15) is 4.99 Å². The van der Waals surface area contributed by atoms with Crippen molar-refractivity contribution in [2.75, 3.05) is 0 Å². The summed E-state index contributed by atoms with van der Waals surface area (Å²) in [6.07, 6.45) is 16.5. The van der Waals surface area contributed by atoms with E-state index in [1.807, 2.05) is 6.08 Å². The van der Waals surface area contributed by atoms with E-state index in [0.29, 0.717) is 0 Å². The van der Waals surface area contributed by atoms with E-state index in [-0.39, 0.29) is 5.54 Å². The van der Waals surface area contributed by atoms with Crippen molar-refractivity contribution in [2.24, 2.45) is 10.9 Å². The van der Waals surface area contributed by atoms with Crippen LogP contribution in [-0.4, -0.2) is 11.6 Å². The van der Waals surface area contributed by atoms with Gasteiger partial charge < -0.3 is 0 Å². The molecule has 0 amide bonds. The van der Waals surface area contributed by atoms with Crippen LogP contribution < -0.4 is 0 Å². The van der Waals surface area contributed by atoms with Crippen LogP contribution in [0.2, 0.25) is 0 Å². The van der Waals surface area contributed by atoms with E-state index in [0.717, 1.165) is 38.0 Å². The van der Waals surface area contributed by atoms with Gasteiger partial charge in [-0.15, -0.1) is 0 Å². The molecule has 1 radical (unpaired) electrons. The van der Waals surface area contributed by atoms with Crippen LogP contribution in [0.1, 0.15) is 64.2 Å². The van der Waals surface area contributed by atoms with Crippen molar-refractivity contribution in [3.63, 3.8) is 0 Å². The summed E-state index contributed by atoms with van der Waals surface area (Å²) in [5.74, 6) is 0.809. The zero-order valence-corrected chi connectivity index (χ0v) is 10.1. The normalized spacial score (nSPS) is 26.0. The third kappa shape index (κ3) is 2.95. The van der Waals surface area contributed by atoms with Crippen LogP contribution in [0.5, 0.6) is 0 Å². The van der Waals surface area contributed by atoms with Crippen molar-refractivity contribution in [1.82, 2.24) is 0 Å². The lowest BCUT2D eigenvalue weighted by Crippen LogP contribution is -2.32. The zero-order valence-electron chi connectivity index (χ0n) is 10.1. The van der Waals surface area contributed by atoms with Gasteiger partial charge in [-0.1, -0.05) is 32.1 Å². The molecule has 16 heavy (non-hydrogen) atoms. The van der Waals surface area contributed by atoms with Gasteiger partial charge in [0.2, 0.25) is 6.08 Å². The molecule has 2 saturated carbocycles. The van der Waals surface area contributed by atoms with Gasteiger partial charge in [-0.25, -0.2) is 4.79 Å². The van der Waals surface area contributed by atoms with Crippen molar-refractivity contribution >= 4 is 6.08 Å². The predicted octanol–water partition coefficient (Wildman–Crippen LogP) is 3.81. The monoisotopic (exact) mass is 220 g/mol. The van der Waals surface area contributed by atoms with E-state index in [9.17, 15) is 4.79 Å². The van der Waals surface area contributed by atoms with Crippen LogP contribution in [0.25, 0.3) is 0 Å². The Morgan fingerprint density at radius 2 is 1.88 bits per heavy atom. The Bertz CT molecular complexity index is 256. The van der Waals surface area contributed by atoms with Gasteiger partial charge in [-0.3, -0.25) is 0 Å². The average Bonchev–Trinajstić information content (AvgIpc) is 2.31. The van der Waals surface area contributed by atoms with Gasteiger partial charge in [0.15, 0.2) is 0 Å². The molecule has 2 aliphatic rings. The molecule has 89 valence electrons. The molecular formula is C14H22NO. The number of isocyanates is 1. The molecule has 0 saturated heterocycles. The molecule has 2 heteroatoms. The van der Waals surface area contributed by atoms with E-state index in [1.54, 1.807) is 0 Å². The third-order valence-corrected chi connectivity index (χ3v) is 4.30. The SMILES string of the molecule is O=C=NC1(CC2CCCCC2)CC[CH]CC1. The highest BCUT2D eigenvalue weighted by atomic mass is 16.1. The molecule has 0 aliphatic heterocycles. The minimum Gasteiger partial charge on any atom is -0.211 e. The third-order valence-electron chi connectivity index (χ3n) is 4.30. The van der Waals surface area contributed by atoms with Crippen LogP contribution in [0.4, 0.5) is 0 Å². The predicted molar refractivity (Wildman–Crippen MR) is 64.8 cm³/mol. The summed E-state index contributed by atoms with van der Waals surface area (Å²) in [4.78, 5) is 14.8. The number of carbonyl (C=O) groups excluding carboxylic acids is 1.